The molecule has 128 valence electrons. The SMILES string of the molecule is O=S1(=O)N(CCCCBr)c2ccccc2N1c1ccc(F)c(F)c1. The first-order valence-corrected chi connectivity index (χ1v) is 9.91. The van der Waals surface area contributed by atoms with Crippen molar-refractivity contribution in [3.8, 4) is 0 Å². The lowest BCUT2D eigenvalue weighted by molar-refractivity contribution is 0.509. The van der Waals surface area contributed by atoms with E-state index in [0.717, 1.165) is 28.2 Å². The van der Waals surface area contributed by atoms with Gasteiger partial charge in [0.05, 0.1) is 17.1 Å². The molecule has 0 unspecified atom stereocenters. The van der Waals surface area contributed by atoms with Crippen LogP contribution in [0, 0.1) is 11.6 Å². The number of hydrogen-bond donors (Lipinski definition) is 0. The highest BCUT2D eigenvalue weighted by molar-refractivity contribution is 9.09. The third-order valence-electron chi connectivity index (χ3n) is 3.76. The monoisotopic (exact) mass is 416 g/mol. The van der Waals surface area contributed by atoms with Crippen molar-refractivity contribution in [3.63, 3.8) is 0 Å². The lowest BCUT2D eigenvalue weighted by Crippen LogP contribution is -2.36. The van der Waals surface area contributed by atoms with Gasteiger partial charge in [0.25, 0.3) is 0 Å². The molecule has 0 spiro atoms. The Morgan fingerprint density at radius 3 is 2.33 bits per heavy atom. The van der Waals surface area contributed by atoms with E-state index in [4.69, 9.17) is 0 Å². The molecule has 4 nitrogen and oxygen atoms in total. The number of anilines is 3. The third-order valence-corrected chi connectivity index (χ3v) is 6.13. The van der Waals surface area contributed by atoms with Crippen LogP contribution in [0.4, 0.5) is 25.8 Å². The van der Waals surface area contributed by atoms with Crippen LogP contribution in [0.2, 0.25) is 0 Å². The number of nitrogens with zero attached hydrogens (tertiary/aromatic N) is 2. The molecule has 2 aromatic rings. The average molecular weight is 417 g/mol. The van der Waals surface area contributed by atoms with Gasteiger partial charge >= 0.3 is 10.2 Å². The van der Waals surface area contributed by atoms with Crippen molar-refractivity contribution in [1.29, 1.82) is 0 Å². The highest BCUT2D eigenvalue weighted by Gasteiger charge is 2.40. The zero-order valence-electron chi connectivity index (χ0n) is 12.6. The minimum absolute atomic E-state index is 0.0735. The molecular formula is C16H15BrF2N2O2S. The summed E-state index contributed by atoms with van der Waals surface area (Å²) in [5.74, 6) is -2.10. The van der Waals surface area contributed by atoms with Gasteiger partial charge in [-0.25, -0.2) is 13.1 Å². The molecule has 0 atom stereocenters. The zero-order chi connectivity index (χ0) is 17.3. The van der Waals surface area contributed by atoms with E-state index in [2.05, 4.69) is 15.9 Å². The minimum atomic E-state index is -3.89. The lowest BCUT2D eigenvalue weighted by atomic mass is 10.2. The Labute approximate surface area is 148 Å². The van der Waals surface area contributed by atoms with Crippen LogP contribution in [-0.4, -0.2) is 20.3 Å². The highest BCUT2D eigenvalue weighted by Crippen LogP contribution is 2.45. The smallest absolute Gasteiger partial charge is 0.251 e. The molecule has 3 rings (SSSR count). The van der Waals surface area contributed by atoms with Crippen molar-refractivity contribution in [2.45, 2.75) is 12.8 Å². The molecule has 0 N–H and O–H groups in total. The lowest BCUT2D eigenvalue weighted by Gasteiger charge is -2.21. The number of benzene rings is 2. The molecule has 0 aromatic heterocycles. The van der Waals surface area contributed by atoms with Gasteiger partial charge in [-0.05, 0) is 37.1 Å². The number of hydrogen-bond acceptors (Lipinski definition) is 2. The molecule has 8 heteroatoms. The van der Waals surface area contributed by atoms with E-state index in [9.17, 15) is 17.2 Å². The standard InChI is InChI=1S/C16H15BrF2N2O2S/c17-9-3-4-10-20-15-5-1-2-6-16(15)21(24(20,22)23)12-7-8-13(18)14(19)11-12/h1-2,5-8,11H,3-4,9-10H2. The van der Waals surface area contributed by atoms with Gasteiger partial charge in [0.2, 0.25) is 0 Å². The molecule has 0 radical (unpaired) electrons. The maximum Gasteiger partial charge on any atom is 0.330 e. The Morgan fingerprint density at radius 2 is 1.67 bits per heavy atom. The molecule has 0 saturated heterocycles. The summed E-state index contributed by atoms with van der Waals surface area (Å²) in [6.07, 6.45) is 1.52. The van der Waals surface area contributed by atoms with E-state index in [1.807, 2.05) is 0 Å². The second-order valence-electron chi connectivity index (χ2n) is 5.33. The zero-order valence-corrected chi connectivity index (χ0v) is 15.0. The normalized spacial score (nSPS) is 15.6. The molecule has 2 aromatic carbocycles. The van der Waals surface area contributed by atoms with Crippen LogP contribution < -0.4 is 8.61 Å². The highest BCUT2D eigenvalue weighted by atomic mass is 79.9. The Balaban J connectivity index is 2.08. The van der Waals surface area contributed by atoms with Gasteiger partial charge in [-0.1, -0.05) is 28.1 Å². The van der Waals surface area contributed by atoms with Crippen molar-refractivity contribution in [2.75, 3.05) is 20.5 Å². The number of unbranched alkanes of at least 4 members (excludes halogenated alkanes) is 1. The Kier molecular flexibility index (Phi) is 4.78. The van der Waals surface area contributed by atoms with Crippen LogP contribution in [0.15, 0.2) is 42.5 Å². The fraction of sp³-hybridized carbons (Fsp3) is 0.250. The number of alkyl halides is 1. The fourth-order valence-electron chi connectivity index (χ4n) is 2.66. The van der Waals surface area contributed by atoms with Crippen molar-refractivity contribution in [2.24, 2.45) is 0 Å². The summed E-state index contributed by atoms with van der Waals surface area (Å²) in [4.78, 5) is 0. The van der Waals surface area contributed by atoms with E-state index in [1.165, 1.54) is 10.4 Å². The number of fused-ring (bicyclic) bond motifs is 1. The number of halogens is 3. The molecule has 0 aliphatic carbocycles. The van der Waals surface area contributed by atoms with Gasteiger partial charge in [0, 0.05) is 17.9 Å². The van der Waals surface area contributed by atoms with Crippen LogP contribution in [0.25, 0.3) is 0 Å². The van der Waals surface area contributed by atoms with Crippen LogP contribution in [0.3, 0.4) is 0 Å². The quantitative estimate of drug-likeness (QED) is 0.537. The summed E-state index contributed by atoms with van der Waals surface area (Å²) in [5, 5.41) is 0.787. The van der Waals surface area contributed by atoms with E-state index >= 15 is 0 Å². The van der Waals surface area contributed by atoms with Crippen molar-refractivity contribution in [3.05, 3.63) is 54.1 Å². The van der Waals surface area contributed by atoms with Crippen LogP contribution >= 0.6 is 15.9 Å². The first kappa shape index (κ1) is 17.2. The van der Waals surface area contributed by atoms with Gasteiger partial charge in [-0.3, -0.25) is 4.31 Å². The number of rotatable bonds is 5. The summed E-state index contributed by atoms with van der Waals surface area (Å²) in [5.41, 5.74) is 1.04. The predicted molar refractivity (Wildman–Crippen MR) is 94.2 cm³/mol. The molecular weight excluding hydrogens is 402 g/mol. The van der Waals surface area contributed by atoms with Gasteiger partial charge in [-0.2, -0.15) is 8.42 Å². The Hall–Kier alpha value is -1.67. The summed E-state index contributed by atoms with van der Waals surface area (Å²) in [6.45, 7) is 0.325. The average Bonchev–Trinajstić information content (AvgIpc) is 2.77. The van der Waals surface area contributed by atoms with Crippen molar-refractivity contribution < 1.29 is 17.2 Å². The molecule has 0 amide bonds. The maximum absolute atomic E-state index is 13.6. The van der Waals surface area contributed by atoms with E-state index in [1.54, 1.807) is 24.3 Å². The van der Waals surface area contributed by atoms with Crippen molar-refractivity contribution >= 4 is 43.2 Å². The molecule has 24 heavy (non-hydrogen) atoms. The van der Waals surface area contributed by atoms with Crippen molar-refractivity contribution in [1.82, 2.24) is 0 Å². The maximum atomic E-state index is 13.6. The third kappa shape index (κ3) is 2.88. The predicted octanol–water partition coefficient (Wildman–Crippen LogP) is 4.34. The van der Waals surface area contributed by atoms with Gasteiger partial charge in [0.1, 0.15) is 0 Å². The summed E-state index contributed by atoms with van der Waals surface area (Å²) < 4.78 is 55.1. The summed E-state index contributed by atoms with van der Waals surface area (Å²) >= 11 is 3.33. The van der Waals surface area contributed by atoms with Gasteiger partial charge < -0.3 is 0 Å². The van der Waals surface area contributed by atoms with Crippen LogP contribution in [0.5, 0.6) is 0 Å². The second-order valence-corrected chi connectivity index (χ2v) is 7.82. The molecule has 1 aliphatic rings. The summed E-state index contributed by atoms with van der Waals surface area (Å²) in [7, 11) is -3.89. The van der Waals surface area contributed by atoms with E-state index in [0.29, 0.717) is 24.3 Å². The largest absolute Gasteiger partial charge is 0.330 e. The first-order chi connectivity index (χ1) is 11.5. The summed E-state index contributed by atoms with van der Waals surface area (Å²) in [6, 6.07) is 9.90. The fourth-order valence-corrected chi connectivity index (χ4v) is 4.80. The van der Waals surface area contributed by atoms with Gasteiger partial charge in [-0.15, -0.1) is 0 Å². The first-order valence-electron chi connectivity index (χ1n) is 7.40. The Morgan fingerprint density at radius 1 is 0.958 bits per heavy atom. The molecule has 1 heterocycles. The topological polar surface area (TPSA) is 40.6 Å². The number of para-hydroxylation sites is 2. The Bertz CT molecular complexity index is 861. The molecule has 0 fully saturated rings. The molecule has 0 bridgehead atoms. The van der Waals surface area contributed by atoms with E-state index in [-0.39, 0.29) is 5.69 Å². The van der Waals surface area contributed by atoms with Crippen LogP contribution in [0.1, 0.15) is 12.8 Å². The minimum Gasteiger partial charge on any atom is -0.251 e. The second kappa shape index (κ2) is 6.68. The molecule has 1 aliphatic heterocycles. The van der Waals surface area contributed by atoms with Crippen LogP contribution in [-0.2, 0) is 10.2 Å². The molecule has 0 saturated carbocycles. The van der Waals surface area contributed by atoms with Gasteiger partial charge in [0.15, 0.2) is 11.6 Å². The van der Waals surface area contributed by atoms with E-state index < -0.39 is 21.8 Å².